The molecule has 7 nitrogen and oxygen atoms in total. The number of hydrogen-bond donors (Lipinski definition) is 7. The molecular formula is C6H23N7S. The van der Waals surface area contributed by atoms with Crippen LogP contribution in [-0.4, -0.2) is 35.8 Å². The average molecular weight is 225 g/mol. The van der Waals surface area contributed by atoms with Gasteiger partial charge in [-0.2, -0.15) is 10.2 Å². The van der Waals surface area contributed by atoms with E-state index in [9.17, 15) is 0 Å². The van der Waals surface area contributed by atoms with E-state index in [1.807, 2.05) is 0 Å². The average Bonchev–Trinajstić information content (AvgIpc) is 1.76. The summed E-state index contributed by atoms with van der Waals surface area (Å²) in [5, 5.41) is 6.10. The fourth-order valence-corrected chi connectivity index (χ4v) is 4.06. The van der Waals surface area contributed by atoms with Gasteiger partial charge in [-0.15, -0.1) is 0 Å². The maximum atomic E-state index is 6.10. The van der Waals surface area contributed by atoms with Crippen molar-refractivity contribution < 1.29 is 0 Å². The quantitative estimate of drug-likeness (QED) is 0.228. The van der Waals surface area contributed by atoms with Crippen LogP contribution in [0.25, 0.3) is 0 Å². The zero-order valence-corrected chi connectivity index (χ0v) is 9.12. The first-order valence-corrected chi connectivity index (χ1v) is 6.53. The molecule has 0 amide bonds. The van der Waals surface area contributed by atoms with Crippen molar-refractivity contribution in [3.63, 3.8) is 0 Å². The Bertz CT molecular complexity index is 134. The SMILES string of the molecule is NC(N)CS(N)(CC(N)N)CC(N)N. The van der Waals surface area contributed by atoms with E-state index in [0.29, 0.717) is 17.3 Å². The van der Waals surface area contributed by atoms with Crippen molar-refractivity contribution in [1.82, 2.24) is 0 Å². The second kappa shape index (κ2) is 5.83. The van der Waals surface area contributed by atoms with Crippen LogP contribution in [-0.2, 0) is 0 Å². The van der Waals surface area contributed by atoms with Crippen molar-refractivity contribution in [2.75, 3.05) is 17.3 Å². The molecule has 14 N–H and O–H groups in total. The van der Waals surface area contributed by atoms with Crippen molar-refractivity contribution >= 4 is 10.2 Å². The van der Waals surface area contributed by atoms with E-state index in [2.05, 4.69) is 0 Å². The molecule has 0 aromatic rings. The molecule has 14 heavy (non-hydrogen) atoms. The Morgan fingerprint density at radius 1 is 0.643 bits per heavy atom. The zero-order valence-electron chi connectivity index (χ0n) is 8.30. The van der Waals surface area contributed by atoms with Crippen LogP contribution in [0.15, 0.2) is 0 Å². The highest BCUT2D eigenvalue weighted by atomic mass is 32.3. The smallest absolute Gasteiger partial charge is 0.0610 e. The van der Waals surface area contributed by atoms with Crippen LogP contribution in [0.5, 0.6) is 0 Å². The number of nitrogens with two attached hydrogens (primary N) is 7. The topological polar surface area (TPSA) is 182 Å². The lowest BCUT2D eigenvalue weighted by molar-refractivity contribution is 0.752. The molecule has 0 aliphatic rings. The van der Waals surface area contributed by atoms with Crippen molar-refractivity contribution in [2.45, 2.75) is 18.5 Å². The van der Waals surface area contributed by atoms with Crippen molar-refractivity contribution in [3.8, 4) is 0 Å². The molecule has 0 bridgehead atoms. The van der Waals surface area contributed by atoms with Gasteiger partial charge in [-0.05, 0) is 0 Å². The number of rotatable bonds is 6. The monoisotopic (exact) mass is 225 g/mol. The first-order valence-electron chi connectivity index (χ1n) is 4.33. The predicted molar refractivity (Wildman–Crippen MR) is 62.9 cm³/mol. The first-order chi connectivity index (χ1) is 6.25. The molecule has 0 aromatic heterocycles. The molecule has 0 heterocycles. The molecule has 0 spiro atoms. The molecule has 0 aliphatic carbocycles. The van der Waals surface area contributed by atoms with Crippen LogP contribution in [0.2, 0.25) is 0 Å². The minimum absolute atomic E-state index is 0.475. The molecule has 0 radical (unpaired) electrons. The molecular weight excluding hydrogens is 202 g/mol. The predicted octanol–water partition coefficient (Wildman–Crippen LogP) is -3.60. The first kappa shape index (κ1) is 14.1. The van der Waals surface area contributed by atoms with Crippen molar-refractivity contribution in [3.05, 3.63) is 0 Å². The molecule has 0 saturated heterocycles. The molecule has 0 atom stereocenters. The Morgan fingerprint density at radius 3 is 1.00 bits per heavy atom. The van der Waals surface area contributed by atoms with E-state index < -0.39 is 28.7 Å². The van der Waals surface area contributed by atoms with Crippen molar-refractivity contribution in [2.24, 2.45) is 39.5 Å². The van der Waals surface area contributed by atoms with Gasteiger partial charge in [0.1, 0.15) is 0 Å². The summed E-state index contributed by atoms with van der Waals surface area (Å²) in [6.45, 7) is 0. The van der Waals surface area contributed by atoms with Crippen LogP contribution in [0.3, 0.4) is 0 Å². The van der Waals surface area contributed by atoms with E-state index in [1.165, 1.54) is 0 Å². The lowest BCUT2D eigenvalue weighted by Gasteiger charge is -2.39. The van der Waals surface area contributed by atoms with Crippen molar-refractivity contribution in [1.29, 1.82) is 0 Å². The summed E-state index contributed by atoms with van der Waals surface area (Å²) in [6.07, 6.45) is -1.44. The van der Waals surface area contributed by atoms with E-state index in [-0.39, 0.29) is 0 Å². The maximum Gasteiger partial charge on any atom is 0.0610 e. The summed E-state index contributed by atoms with van der Waals surface area (Å²) >= 11 is 0. The Labute approximate surface area is 86.1 Å². The molecule has 0 aliphatic heterocycles. The molecule has 0 fully saturated rings. The highest BCUT2D eigenvalue weighted by Crippen LogP contribution is 2.39. The van der Waals surface area contributed by atoms with E-state index in [0.717, 1.165) is 0 Å². The molecule has 88 valence electrons. The van der Waals surface area contributed by atoms with Gasteiger partial charge < -0.3 is 34.4 Å². The Balaban J connectivity index is 4.32. The van der Waals surface area contributed by atoms with Gasteiger partial charge in [0.2, 0.25) is 0 Å². The summed E-state index contributed by atoms with van der Waals surface area (Å²) < 4.78 is 0. The van der Waals surface area contributed by atoms with Gasteiger partial charge in [0.05, 0.1) is 18.5 Å². The highest BCUT2D eigenvalue weighted by Gasteiger charge is 2.24. The summed E-state index contributed by atoms with van der Waals surface area (Å²) in [4.78, 5) is 0. The highest BCUT2D eigenvalue weighted by molar-refractivity contribution is 8.32. The lowest BCUT2D eigenvalue weighted by atomic mass is 10.6. The van der Waals surface area contributed by atoms with Crippen LogP contribution >= 0.6 is 10.2 Å². The van der Waals surface area contributed by atoms with E-state index >= 15 is 0 Å². The third-order valence-electron chi connectivity index (χ3n) is 1.57. The molecule has 0 unspecified atom stereocenters. The van der Waals surface area contributed by atoms with Crippen LogP contribution < -0.4 is 39.5 Å². The summed E-state index contributed by atoms with van der Waals surface area (Å²) in [5.74, 6) is 1.43. The third-order valence-corrected chi connectivity index (χ3v) is 4.72. The Hall–Kier alpha value is 0.0700. The lowest BCUT2D eigenvalue weighted by Crippen LogP contribution is -2.49. The van der Waals surface area contributed by atoms with Crippen LogP contribution in [0.1, 0.15) is 0 Å². The minimum Gasteiger partial charge on any atom is -0.315 e. The summed E-state index contributed by atoms with van der Waals surface area (Å²) in [7, 11) is -1.59. The normalized spacial score (nSPS) is 14.4. The second-order valence-corrected chi connectivity index (χ2v) is 6.83. The van der Waals surface area contributed by atoms with Gasteiger partial charge >= 0.3 is 0 Å². The fourth-order valence-electron chi connectivity index (χ4n) is 1.35. The Kier molecular flexibility index (Phi) is 5.86. The van der Waals surface area contributed by atoms with Crippen LogP contribution in [0, 0.1) is 0 Å². The molecule has 8 heteroatoms. The molecule has 0 saturated carbocycles. The molecule has 0 rings (SSSR count). The van der Waals surface area contributed by atoms with Gasteiger partial charge in [-0.25, -0.2) is 0 Å². The van der Waals surface area contributed by atoms with E-state index in [1.54, 1.807) is 0 Å². The number of hydrogen-bond acceptors (Lipinski definition) is 7. The fraction of sp³-hybridized carbons (Fsp3) is 1.00. The molecule has 0 aromatic carbocycles. The summed E-state index contributed by atoms with van der Waals surface area (Å²) in [6, 6.07) is 0. The summed E-state index contributed by atoms with van der Waals surface area (Å²) in [5.41, 5.74) is 32.9. The van der Waals surface area contributed by atoms with Crippen LogP contribution in [0.4, 0.5) is 0 Å². The van der Waals surface area contributed by atoms with Gasteiger partial charge in [-0.3, -0.25) is 5.14 Å². The second-order valence-electron chi connectivity index (χ2n) is 3.60. The Morgan fingerprint density at radius 2 is 0.857 bits per heavy atom. The third kappa shape index (κ3) is 6.51. The van der Waals surface area contributed by atoms with Gasteiger partial charge in [0.25, 0.3) is 0 Å². The largest absolute Gasteiger partial charge is 0.315 e. The standard InChI is InChI=1S/C6H23N7S/c7-4(8)1-14(13,2-5(9)10)3-6(11)12/h4-6H,1-3,7-13H2. The van der Waals surface area contributed by atoms with Gasteiger partial charge in [-0.1, -0.05) is 0 Å². The zero-order chi connectivity index (χ0) is 11.4. The van der Waals surface area contributed by atoms with Gasteiger partial charge in [0, 0.05) is 17.3 Å². The van der Waals surface area contributed by atoms with E-state index in [4.69, 9.17) is 39.5 Å². The van der Waals surface area contributed by atoms with Gasteiger partial charge in [0.15, 0.2) is 0 Å². The minimum atomic E-state index is -1.59. The maximum absolute atomic E-state index is 6.10.